The van der Waals surface area contributed by atoms with E-state index >= 15 is 0 Å². The van der Waals surface area contributed by atoms with Gasteiger partial charge in [0.15, 0.2) is 5.82 Å². The second-order valence-corrected chi connectivity index (χ2v) is 4.40. The zero-order chi connectivity index (χ0) is 15.2. The van der Waals surface area contributed by atoms with Gasteiger partial charge in [-0.1, -0.05) is 12.1 Å². The average molecular weight is 282 g/mol. The fourth-order valence-electron chi connectivity index (χ4n) is 1.98. The van der Waals surface area contributed by atoms with Gasteiger partial charge in [-0.05, 0) is 26.0 Å². The molecule has 0 unspecified atom stereocenters. The monoisotopic (exact) mass is 282 g/mol. The third-order valence-electron chi connectivity index (χ3n) is 3.14. The number of aromatic nitrogens is 3. The minimum atomic E-state index is 0.518. The highest BCUT2D eigenvalue weighted by Gasteiger charge is 2.12. The summed E-state index contributed by atoms with van der Waals surface area (Å²) >= 11 is 0. The number of nitrogens with zero attached hydrogens (tertiary/aromatic N) is 5. The van der Waals surface area contributed by atoms with Crippen LogP contribution in [0.15, 0.2) is 24.3 Å². The third-order valence-corrected chi connectivity index (χ3v) is 3.14. The molecule has 0 aliphatic heterocycles. The number of anilines is 2. The van der Waals surface area contributed by atoms with E-state index in [1.54, 1.807) is 19.2 Å². The van der Waals surface area contributed by atoms with Gasteiger partial charge < -0.3 is 10.2 Å². The lowest BCUT2D eigenvalue weighted by Gasteiger charge is -2.19. The number of rotatable bonds is 5. The standard InChI is InChI=1S/C15H18N6/c1-4-21(5-2)15-19-13(18-14(17-3)20-15)12-8-6-7-11(9-12)10-16/h6-9H,4-5H2,1-3H3,(H,17,18,19,20). The van der Waals surface area contributed by atoms with E-state index in [9.17, 15) is 0 Å². The summed E-state index contributed by atoms with van der Waals surface area (Å²) in [6, 6.07) is 9.38. The van der Waals surface area contributed by atoms with E-state index in [-0.39, 0.29) is 0 Å². The summed E-state index contributed by atoms with van der Waals surface area (Å²) in [6.45, 7) is 5.76. The largest absolute Gasteiger partial charge is 0.357 e. The van der Waals surface area contributed by atoms with Gasteiger partial charge in [-0.25, -0.2) is 0 Å². The van der Waals surface area contributed by atoms with Crippen molar-refractivity contribution in [2.45, 2.75) is 13.8 Å². The second kappa shape index (κ2) is 6.66. The zero-order valence-corrected chi connectivity index (χ0v) is 12.5. The Bertz CT molecular complexity index is 657. The molecule has 1 aromatic carbocycles. The summed E-state index contributed by atoms with van der Waals surface area (Å²) < 4.78 is 0. The molecule has 0 fully saturated rings. The first-order valence-electron chi connectivity index (χ1n) is 6.91. The van der Waals surface area contributed by atoms with E-state index in [0.717, 1.165) is 18.7 Å². The van der Waals surface area contributed by atoms with Crippen LogP contribution in [0, 0.1) is 11.3 Å². The Morgan fingerprint density at radius 3 is 2.57 bits per heavy atom. The van der Waals surface area contributed by atoms with Crippen molar-refractivity contribution in [3.05, 3.63) is 29.8 Å². The summed E-state index contributed by atoms with van der Waals surface area (Å²) in [7, 11) is 1.77. The normalized spacial score (nSPS) is 10.0. The smallest absolute Gasteiger partial charge is 0.230 e. The number of hydrogen-bond donors (Lipinski definition) is 1. The highest BCUT2D eigenvalue weighted by atomic mass is 15.3. The molecule has 1 N–H and O–H groups in total. The lowest BCUT2D eigenvalue weighted by molar-refractivity contribution is 0.815. The Labute approximate surface area is 124 Å². The molecule has 0 aliphatic carbocycles. The summed E-state index contributed by atoms with van der Waals surface area (Å²) in [4.78, 5) is 15.3. The third kappa shape index (κ3) is 3.26. The lowest BCUT2D eigenvalue weighted by Crippen LogP contribution is -2.25. The molecular weight excluding hydrogens is 264 g/mol. The first-order chi connectivity index (χ1) is 10.2. The van der Waals surface area contributed by atoms with Crippen LogP contribution in [-0.4, -0.2) is 35.1 Å². The zero-order valence-electron chi connectivity index (χ0n) is 12.5. The van der Waals surface area contributed by atoms with Gasteiger partial charge in [0, 0.05) is 25.7 Å². The van der Waals surface area contributed by atoms with E-state index < -0.39 is 0 Å². The van der Waals surface area contributed by atoms with Gasteiger partial charge in [-0.15, -0.1) is 0 Å². The molecule has 1 aromatic heterocycles. The molecule has 0 saturated carbocycles. The maximum Gasteiger partial charge on any atom is 0.230 e. The van der Waals surface area contributed by atoms with Crippen LogP contribution in [0.1, 0.15) is 19.4 Å². The van der Waals surface area contributed by atoms with E-state index in [2.05, 4.69) is 45.1 Å². The average Bonchev–Trinajstić information content (AvgIpc) is 2.55. The van der Waals surface area contributed by atoms with Crippen LogP contribution in [0.4, 0.5) is 11.9 Å². The first kappa shape index (κ1) is 14.7. The molecule has 0 bridgehead atoms. The van der Waals surface area contributed by atoms with Gasteiger partial charge in [0.05, 0.1) is 11.6 Å². The van der Waals surface area contributed by atoms with Crippen LogP contribution >= 0.6 is 0 Å². The van der Waals surface area contributed by atoms with Crippen molar-refractivity contribution in [3.63, 3.8) is 0 Å². The molecule has 0 spiro atoms. The molecule has 2 aromatic rings. The molecule has 0 aliphatic rings. The van der Waals surface area contributed by atoms with Gasteiger partial charge in [-0.2, -0.15) is 20.2 Å². The fourth-order valence-corrected chi connectivity index (χ4v) is 1.98. The van der Waals surface area contributed by atoms with Crippen molar-refractivity contribution < 1.29 is 0 Å². The van der Waals surface area contributed by atoms with Gasteiger partial charge in [-0.3, -0.25) is 0 Å². The molecule has 0 saturated heterocycles. The van der Waals surface area contributed by atoms with Gasteiger partial charge in [0.2, 0.25) is 11.9 Å². The molecule has 1 heterocycles. The van der Waals surface area contributed by atoms with Crippen LogP contribution in [0.2, 0.25) is 0 Å². The van der Waals surface area contributed by atoms with Crippen LogP contribution in [0.5, 0.6) is 0 Å². The molecule has 21 heavy (non-hydrogen) atoms. The number of nitrogens with one attached hydrogen (secondary N) is 1. The van der Waals surface area contributed by atoms with E-state index in [4.69, 9.17) is 5.26 Å². The molecule has 2 rings (SSSR count). The fraction of sp³-hybridized carbons (Fsp3) is 0.333. The molecule has 6 heteroatoms. The highest BCUT2D eigenvalue weighted by Crippen LogP contribution is 2.20. The SMILES string of the molecule is CCN(CC)c1nc(NC)nc(-c2cccc(C#N)c2)n1. The summed E-state index contributed by atoms with van der Waals surface area (Å²) in [5, 5.41) is 12.0. The number of nitriles is 1. The van der Waals surface area contributed by atoms with Gasteiger partial charge in [0.25, 0.3) is 0 Å². The van der Waals surface area contributed by atoms with Crippen LogP contribution in [0.3, 0.4) is 0 Å². The van der Waals surface area contributed by atoms with Crippen LogP contribution in [0.25, 0.3) is 11.4 Å². The molecule has 0 amide bonds. The maximum atomic E-state index is 9.00. The Balaban J connectivity index is 2.52. The van der Waals surface area contributed by atoms with Crippen molar-refractivity contribution in [3.8, 4) is 17.5 Å². The minimum Gasteiger partial charge on any atom is -0.357 e. The van der Waals surface area contributed by atoms with Crippen molar-refractivity contribution in [2.24, 2.45) is 0 Å². The Morgan fingerprint density at radius 2 is 1.95 bits per heavy atom. The van der Waals surface area contributed by atoms with Crippen LogP contribution in [-0.2, 0) is 0 Å². The van der Waals surface area contributed by atoms with E-state index in [1.807, 2.05) is 12.1 Å². The topological polar surface area (TPSA) is 77.7 Å². The van der Waals surface area contributed by atoms with Crippen molar-refractivity contribution in [1.82, 2.24) is 15.0 Å². The van der Waals surface area contributed by atoms with Crippen molar-refractivity contribution in [2.75, 3.05) is 30.4 Å². The predicted octanol–water partition coefficient (Wildman–Crippen LogP) is 2.30. The van der Waals surface area contributed by atoms with Crippen molar-refractivity contribution in [1.29, 1.82) is 5.26 Å². The molecule has 0 atom stereocenters. The molecule has 0 radical (unpaired) electrons. The van der Waals surface area contributed by atoms with E-state index in [1.165, 1.54) is 0 Å². The maximum absolute atomic E-state index is 9.00. The Morgan fingerprint density at radius 1 is 1.19 bits per heavy atom. The highest BCUT2D eigenvalue weighted by molar-refractivity contribution is 5.60. The number of benzene rings is 1. The Hall–Kier alpha value is -2.68. The quantitative estimate of drug-likeness (QED) is 0.906. The van der Waals surface area contributed by atoms with Crippen molar-refractivity contribution >= 4 is 11.9 Å². The summed E-state index contributed by atoms with van der Waals surface area (Å²) in [5.74, 6) is 1.72. The number of hydrogen-bond acceptors (Lipinski definition) is 6. The van der Waals surface area contributed by atoms with Gasteiger partial charge >= 0.3 is 0 Å². The summed E-state index contributed by atoms with van der Waals surface area (Å²) in [6.07, 6.45) is 0. The minimum absolute atomic E-state index is 0.518. The van der Waals surface area contributed by atoms with E-state index in [0.29, 0.717) is 23.3 Å². The molecule has 108 valence electrons. The summed E-state index contributed by atoms with van der Waals surface area (Å²) in [5.41, 5.74) is 1.39. The molecular formula is C15H18N6. The van der Waals surface area contributed by atoms with Gasteiger partial charge in [0.1, 0.15) is 0 Å². The molecule has 6 nitrogen and oxygen atoms in total. The predicted molar refractivity (Wildman–Crippen MR) is 83.1 cm³/mol. The lowest BCUT2D eigenvalue weighted by atomic mass is 10.1. The second-order valence-electron chi connectivity index (χ2n) is 4.40. The Kier molecular flexibility index (Phi) is 4.67. The first-order valence-corrected chi connectivity index (χ1v) is 6.91. The van der Waals surface area contributed by atoms with Crippen LogP contribution < -0.4 is 10.2 Å².